The Morgan fingerprint density at radius 3 is 2.73 bits per heavy atom. The Morgan fingerprint density at radius 1 is 1.45 bits per heavy atom. The molecule has 118 valence electrons. The smallest absolute Gasteiger partial charge is 0.250 e. The topological polar surface area (TPSA) is 65.2 Å². The Hall–Kier alpha value is -2.10. The second-order valence-electron chi connectivity index (χ2n) is 6.41. The van der Waals surface area contributed by atoms with E-state index < -0.39 is 5.91 Å². The number of carbonyl (C=O) groups is 1. The van der Waals surface area contributed by atoms with Crippen molar-refractivity contribution in [3.05, 3.63) is 41.7 Å². The molecule has 2 N–H and O–H groups in total. The predicted octanol–water partition coefficient (Wildman–Crippen LogP) is 3.78. The van der Waals surface area contributed by atoms with Crippen LogP contribution in [-0.2, 0) is 4.74 Å². The largest absolute Gasteiger partial charge is 0.492 e. The predicted molar refractivity (Wildman–Crippen MR) is 89.0 cm³/mol. The number of allylic oxidation sites excluding steroid dienone is 2. The molecule has 4 heteroatoms. The summed E-state index contributed by atoms with van der Waals surface area (Å²) >= 11 is 0. The monoisotopic (exact) mass is 300 g/mol. The highest BCUT2D eigenvalue weighted by atomic mass is 16.5. The number of nitrogens with zero attached hydrogens (tertiary/aromatic N) is 1. The first-order valence-corrected chi connectivity index (χ1v) is 7.66. The molecule has 0 radical (unpaired) electrons. The lowest BCUT2D eigenvalue weighted by atomic mass is 9.77. The van der Waals surface area contributed by atoms with Crippen LogP contribution in [0.25, 0.3) is 11.3 Å². The summed E-state index contributed by atoms with van der Waals surface area (Å²) in [6.45, 7) is 10.8. The minimum atomic E-state index is -0.457. The molecule has 0 saturated heterocycles. The minimum Gasteiger partial charge on any atom is -0.492 e. The fourth-order valence-corrected chi connectivity index (χ4v) is 2.60. The van der Waals surface area contributed by atoms with E-state index in [4.69, 9.17) is 10.5 Å². The number of pyridine rings is 1. The maximum Gasteiger partial charge on any atom is 0.250 e. The zero-order chi connectivity index (χ0) is 16.3. The molecular weight excluding hydrogens is 276 g/mol. The van der Waals surface area contributed by atoms with Crippen LogP contribution in [0, 0.1) is 5.41 Å². The van der Waals surface area contributed by atoms with Gasteiger partial charge in [-0.1, -0.05) is 26.5 Å². The summed E-state index contributed by atoms with van der Waals surface area (Å²) in [5.41, 5.74) is 8.65. The normalized spacial score (nSPS) is 16.8. The van der Waals surface area contributed by atoms with Gasteiger partial charge in [-0.3, -0.25) is 4.79 Å². The van der Waals surface area contributed by atoms with Gasteiger partial charge in [0.1, 0.15) is 11.5 Å². The van der Waals surface area contributed by atoms with Gasteiger partial charge < -0.3 is 10.5 Å². The number of carbonyl (C=O) groups excluding carboxylic acids is 1. The SMILES string of the molecule is C=C(OCC)c1ccc(C(N)=O)c(C2=CCC(C)(C)CC2)n1. The van der Waals surface area contributed by atoms with Gasteiger partial charge in [0, 0.05) is 0 Å². The molecule has 0 atom stereocenters. The minimum absolute atomic E-state index is 0.295. The van der Waals surface area contributed by atoms with Crippen molar-refractivity contribution < 1.29 is 9.53 Å². The molecule has 1 heterocycles. The second kappa shape index (κ2) is 6.34. The van der Waals surface area contributed by atoms with Gasteiger partial charge in [-0.15, -0.1) is 0 Å². The van der Waals surface area contributed by atoms with Crippen molar-refractivity contribution in [1.29, 1.82) is 0 Å². The molecule has 2 rings (SSSR count). The summed E-state index contributed by atoms with van der Waals surface area (Å²) in [6, 6.07) is 3.44. The van der Waals surface area contributed by atoms with E-state index in [0.717, 1.165) is 24.8 Å². The summed E-state index contributed by atoms with van der Waals surface area (Å²) in [5, 5.41) is 0. The summed E-state index contributed by atoms with van der Waals surface area (Å²) in [7, 11) is 0. The molecule has 1 amide bonds. The van der Waals surface area contributed by atoms with Crippen LogP contribution in [-0.4, -0.2) is 17.5 Å². The Balaban J connectivity index is 2.43. The van der Waals surface area contributed by atoms with E-state index in [0.29, 0.717) is 34.7 Å². The molecule has 4 nitrogen and oxygen atoms in total. The van der Waals surface area contributed by atoms with Crippen LogP contribution in [0.15, 0.2) is 24.8 Å². The Bertz CT molecular complexity index is 630. The van der Waals surface area contributed by atoms with Crippen molar-refractivity contribution in [3.8, 4) is 0 Å². The molecule has 0 saturated carbocycles. The van der Waals surface area contributed by atoms with Crippen molar-refractivity contribution in [2.45, 2.75) is 40.0 Å². The molecule has 0 aliphatic heterocycles. The Labute approximate surface area is 132 Å². The zero-order valence-electron chi connectivity index (χ0n) is 13.6. The standard InChI is InChI=1S/C18H24N2O2/c1-5-22-12(2)15-7-6-14(17(19)21)16(20-15)13-8-10-18(3,4)11-9-13/h6-8H,2,5,9-11H2,1,3-4H3,(H2,19,21). The summed E-state index contributed by atoms with van der Waals surface area (Å²) < 4.78 is 5.41. The first-order chi connectivity index (χ1) is 10.3. The lowest BCUT2D eigenvalue weighted by Gasteiger charge is -2.29. The first-order valence-electron chi connectivity index (χ1n) is 7.66. The van der Waals surface area contributed by atoms with Crippen LogP contribution in [0.5, 0.6) is 0 Å². The number of primary amides is 1. The van der Waals surface area contributed by atoms with Crippen LogP contribution in [0.1, 0.15) is 61.8 Å². The summed E-state index contributed by atoms with van der Waals surface area (Å²) in [6.07, 6.45) is 5.10. The molecule has 0 spiro atoms. The highest BCUT2D eigenvalue weighted by Crippen LogP contribution is 2.38. The van der Waals surface area contributed by atoms with Crippen LogP contribution < -0.4 is 5.73 Å². The van der Waals surface area contributed by atoms with Gasteiger partial charge in [-0.05, 0) is 49.3 Å². The molecule has 0 aromatic carbocycles. The molecule has 0 fully saturated rings. The van der Waals surface area contributed by atoms with Crippen LogP contribution in [0.2, 0.25) is 0 Å². The van der Waals surface area contributed by atoms with E-state index in [2.05, 4.69) is 31.5 Å². The van der Waals surface area contributed by atoms with E-state index in [9.17, 15) is 4.79 Å². The van der Waals surface area contributed by atoms with Crippen molar-refractivity contribution >= 4 is 17.2 Å². The highest BCUT2D eigenvalue weighted by Gasteiger charge is 2.25. The third-order valence-corrected chi connectivity index (χ3v) is 4.04. The lowest BCUT2D eigenvalue weighted by molar-refractivity contribution is 0.0999. The van der Waals surface area contributed by atoms with E-state index in [1.165, 1.54) is 0 Å². The summed E-state index contributed by atoms with van der Waals surface area (Å²) in [4.78, 5) is 16.3. The van der Waals surface area contributed by atoms with Gasteiger partial charge in [-0.25, -0.2) is 4.98 Å². The lowest BCUT2D eigenvalue weighted by Crippen LogP contribution is -2.18. The average Bonchev–Trinajstić information content (AvgIpc) is 2.46. The average molecular weight is 300 g/mol. The van der Waals surface area contributed by atoms with Crippen molar-refractivity contribution in [2.24, 2.45) is 11.1 Å². The van der Waals surface area contributed by atoms with Crippen LogP contribution in [0.3, 0.4) is 0 Å². The van der Waals surface area contributed by atoms with E-state index in [1.807, 2.05) is 6.92 Å². The van der Waals surface area contributed by atoms with E-state index >= 15 is 0 Å². The van der Waals surface area contributed by atoms with Gasteiger partial charge in [0.2, 0.25) is 0 Å². The molecule has 0 bridgehead atoms. The highest BCUT2D eigenvalue weighted by molar-refractivity contribution is 5.97. The van der Waals surface area contributed by atoms with Crippen molar-refractivity contribution in [1.82, 2.24) is 4.98 Å². The number of nitrogens with two attached hydrogens (primary N) is 1. The number of hydrogen-bond acceptors (Lipinski definition) is 3. The van der Waals surface area contributed by atoms with Crippen LogP contribution in [0.4, 0.5) is 0 Å². The van der Waals surface area contributed by atoms with Gasteiger partial charge in [0.15, 0.2) is 0 Å². The number of aromatic nitrogens is 1. The van der Waals surface area contributed by atoms with Gasteiger partial charge in [-0.2, -0.15) is 0 Å². The Morgan fingerprint density at radius 2 is 2.18 bits per heavy atom. The van der Waals surface area contributed by atoms with Crippen LogP contribution >= 0.6 is 0 Å². The Kier molecular flexibility index (Phi) is 4.69. The molecule has 1 aromatic rings. The van der Waals surface area contributed by atoms with Crippen molar-refractivity contribution in [3.63, 3.8) is 0 Å². The third kappa shape index (κ3) is 3.56. The van der Waals surface area contributed by atoms with Gasteiger partial charge in [0.25, 0.3) is 5.91 Å². The zero-order valence-corrected chi connectivity index (χ0v) is 13.6. The number of rotatable bonds is 5. The summed E-state index contributed by atoms with van der Waals surface area (Å²) in [5.74, 6) is 0.0540. The third-order valence-electron chi connectivity index (χ3n) is 4.04. The fourth-order valence-electron chi connectivity index (χ4n) is 2.60. The molecule has 1 aliphatic rings. The second-order valence-corrected chi connectivity index (χ2v) is 6.41. The first kappa shape index (κ1) is 16.3. The number of hydrogen-bond donors (Lipinski definition) is 1. The molecule has 0 unspecified atom stereocenters. The number of ether oxygens (including phenoxy) is 1. The number of amides is 1. The maximum absolute atomic E-state index is 11.7. The fraction of sp³-hybridized carbons (Fsp3) is 0.444. The molecule has 22 heavy (non-hydrogen) atoms. The molecule has 1 aliphatic carbocycles. The van der Waals surface area contributed by atoms with E-state index in [1.54, 1.807) is 12.1 Å². The van der Waals surface area contributed by atoms with Gasteiger partial charge >= 0.3 is 0 Å². The van der Waals surface area contributed by atoms with E-state index in [-0.39, 0.29) is 0 Å². The molecule has 1 aromatic heterocycles. The quantitative estimate of drug-likeness (QED) is 0.842. The molecular formula is C18H24N2O2. The van der Waals surface area contributed by atoms with Crippen molar-refractivity contribution in [2.75, 3.05) is 6.61 Å². The maximum atomic E-state index is 11.7. The van der Waals surface area contributed by atoms with Gasteiger partial charge in [0.05, 0.1) is 17.9 Å².